The standard InChI is InChI=1S/C28H30O4/c1-3-5-7-19-9-13-21(14-10-19)23-17-26(28(31)32)24(18-25(23)27(29)30)22-15-11-20(12-16-22)8-6-4-2/h9-18H,3-8H2,1-2H3,(H,29,30)(H,31,32). The summed E-state index contributed by atoms with van der Waals surface area (Å²) in [6.45, 7) is 4.28. The Morgan fingerprint density at radius 2 is 0.969 bits per heavy atom. The molecule has 32 heavy (non-hydrogen) atoms. The van der Waals surface area contributed by atoms with Crippen LogP contribution in [0.15, 0.2) is 60.7 Å². The fraction of sp³-hybridized carbons (Fsp3) is 0.286. The van der Waals surface area contributed by atoms with Gasteiger partial charge in [0.05, 0.1) is 11.1 Å². The molecule has 0 aliphatic heterocycles. The second-order valence-corrected chi connectivity index (χ2v) is 8.15. The first-order chi connectivity index (χ1) is 15.4. The highest BCUT2D eigenvalue weighted by molar-refractivity contribution is 6.04. The van der Waals surface area contributed by atoms with E-state index in [0.717, 1.165) is 38.5 Å². The lowest BCUT2D eigenvalue weighted by Crippen LogP contribution is -2.06. The molecule has 0 aliphatic carbocycles. The van der Waals surface area contributed by atoms with Crippen LogP contribution in [0.1, 0.15) is 71.4 Å². The zero-order valence-electron chi connectivity index (χ0n) is 18.7. The minimum Gasteiger partial charge on any atom is -0.478 e. The van der Waals surface area contributed by atoms with Gasteiger partial charge in [-0.15, -0.1) is 0 Å². The minimum atomic E-state index is -1.08. The highest BCUT2D eigenvalue weighted by atomic mass is 16.4. The summed E-state index contributed by atoms with van der Waals surface area (Å²) in [4.78, 5) is 24.2. The zero-order chi connectivity index (χ0) is 23.1. The van der Waals surface area contributed by atoms with Crippen molar-refractivity contribution in [1.82, 2.24) is 0 Å². The normalized spacial score (nSPS) is 10.8. The van der Waals surface area contributed by atoms with Gasteiger partial charge in [-0.05, 0) is 71.2 Å². The van der Waals surface area contributed by atoms with Gasteiger partial charge < -0.3 is 10.2 Å². The quantitative estimate of drug-likeness (QED) is 0.360. The average molecular weight is 431 g/mol. The highest BCUT2D eigenvalue weighted by Gasteiger charge is 2.20. The van der Waals surface area contributed by atoms with E-state index < -0.39 is 11.9 Å². The van der Waals surface area contributed by atoms with Gasteiger partial charge in [0.15, 0.2) is 0 Å². The molecule has 0 atom stereocenters. The summed E-state index contributed by atoms with van der Waals surface area (Å²) in [6.07, 6.45) is 6.33. The molecule has 3 rings (SSSR count). The van der Waals surface area contributed by atoms with Crippen molar-refractivity contribution < 1.29 is 19.8 Å². The van der Waals surface area contributed by atoms with Gasteiger partial charge in [-0.3, -0.25) is 0 Å². The minimum absolute atomic E-state index is 0.0985. The van der Waals surface area contributed by atoms with E-state index in [0.29, 0.717) is 22.3 Å². The van der Waals surface area contributed by atoms with Crippen LogP contribution in [-0.2, 0) is 12.8 Å². The van der Waals surface area contributed by atoms with Crippen molar-refractivity contribution in [2.24, 2.45) is 0 Å². The molecule has 0 heterocycles. The SMILES string of the molecule is CCCCc1ccc(-c2cc(C(=O)O)c(-c3ccc(CCCC)cc3)cc2C(=O)O)cc1. The predicted molar refractivity (Wildman–Crippen MR) is 128 cm³/mol. The van der Waals surface area contributed by atoms with Gasteiger partial charge in [-0.2, -0.15) is 0 Å². The molecule has 0 radical (unpaired) electrons. The second-order valence-electron chi connectivity index (χ2n) is 8.15. The fourth-order valence-corrected chi connectivity index (χ4v) is 3.89. The second kappa shape index (κ2) is 10.8. The van der Waals surface area contributed by atoms with Gasteiger partial charge in [-0.1, -0.05) is 75.2 Å². The third-order valence-electron chi connectivity index (χ3n) is 5.79. The number of carboxylic acids is 2. The Morgan fingerprint density at radius 1 is 0.625 bits per heavy atom. The number of rotatable bonds is 10. The molecule has 0 bridgehead atoms. The van der Waals surface area contributed by atoms with Gasteiger partial charge in [0.1, 0.15) is 0 Å². The molecule has 4 nitrogen and oxygen atoms in total. The number of aryl methyl sites for hydroxylation is 2. The molecule has 0 saturated heterocycles. The van der Waals surface area contributed by atoms with Crippen molar-refractivity contribution >= 4 is 11.9 Å². The third kappa shape index (κ3) is 5.44. The summed E-state index contributed by atoms with van der Waals surface area (Å²) >= 11 is 0. The summed E-state index contributed by atoms with van der Waals surface area (Å²) in [5, 5.41) is 19.8. The third-order valence-corrected chi connectivity index (χ3v) is 5.79. The van der Waals surface area contributed by atoms with Gasteiger partial charge in [0.2, 0.25) is 0 Å². The molecule has 0 fully saturated rings. The molecule has 166 valence electrons. The van der Waals surface area contributed by atoms with Crippen LogP contribution in [0.3, 0.4) is 0 Å². The Kier molecular flexibility index (Phi) is 7.82. The monoisotopic (exact) mass is 430 g/mol. The lowest BCUT2D eigenvalue weighted by Gasteiger charge is -2.14. The van der Waals surface area contributed by atoms with Crippen molar-refractivity contribution in [3.8, 4) is 22.3 Å². The van der Waals surface area contributed by atoms with Gasteiger partial charge in [0, 0.05) is 0 Å². The van der Waals surface area contributed by atoms with E-state index in [2.05, 4.69) is 13.8 Å². The molecule has 0 amide bonds. The first-order valence-corrected chi connectivity index (χ1v) is 11.3. The van der Waals surface area contributed by atoms with E-state index in [1.807, 2.05) is 48.5 Å². The number of unbranched alkanes of at least 4 members (excludes halogenated alkanes) is 2. The van der Waals surface area contributed by atoms with E-state index in [-0.39, 0.29) is 11.1 Å². The number of carboxylic acid groups (broad SMARTS) is 2. The molecule has 0 aromatic heterocycles. The Bertz CT molecular complexity index is 990. The predicted octanol–water partition coefficient (Wildman–Crippen LogP) is 7.10. The number of aromatic carboxylic acids is 2. The van der Waals surface area contributed by atoms with Gasteiger partial charge >= 0.3 is 11.9 Å². The fourth-order valence-electron chi connectivity index (χ4n) is 3.89. The number of hydrogen-bond acceptors (Lipinski definition) is 2. The van der Waals surface area contributed by atoms with Crippen LogP contribution in [0, 0.1) is 0 Å². The van der Waals surface area contributed by atoms with E-state index in [9.17, 15) is 19.8 Å². The Hall–Kier alpha value is -3.40. The molecule has 0 spiro atoms. The maximum absolute atomic E-state index is 12.1. The average Bonchev–Trinajstić information content (AvgIpc) is 2.81. The molecule has 2 N–H and O–H groups in total. The van der Waals surface area contributed by atoms with E-state index >= 15 is 0 Å². The van der Waals surface area contributed by atoms with E-state index in [1.54, 1.807) is 0 Å². The van der Waals surface area contributed by atoms with Crippen molar-refractivity contribution in [1.29, 1.82) is 0 Å². The molecular formula is C28H30O4. The first kappa shape index (κ1) is 23.3. The maximum atomic E-state index is 12.1. The van der Waals surface area contributed by atoms with Crippen molar-refractivity contribution in [3.05, 3.63) is 82.9 Å². The highest BCUT2D eigenvalue weighted by Crippen LogP contribution is 2.33. The molecule has 0 aliphatic rings. The summed E-state index contributed by atoms with van der Waals surface area (Å²) in [7, 11) is 0. The van der Waals surface area contributed by atoms with Crippen LogP contribution in [-0.4, -0.2) is 22.2 Å². The lowest BCUT2D eigenvalue weighted by molar-refractivity contribution is 0.0682. The Balaban J connectivity index is 2.06. The number of benzene rings is 3. The van der Waals surface area contributed by atoms with Crippen molar-refractivity contribution in [3.63, 3.8) is 0 Å². The van der Waals surface area contributed by atoms with Gasteiger partial charge in [0.25, 0.3) is 0 Å². The maximum Gasteiger partial charge on any atom is 0.336 e. The smallest absolute Gasteiger partial charge is 0.336 e. The summed E-state index contributed by atoms with van der Waals surface area (Å²) < 4.78 is 0. The summed E-state index contributed by atoms with van der Waals surface area (Å²) in [6, 6.07) is 18.4. The lowest BCUT2D eigenvalue weighted by atomic mass is 9.89. The summed E-state index contributed by atoms with van der Waals surface area (Å²) in [5.74, 6) is -2.15. The van der Waals surface area contributed by atoms with Crippen LogP contribution in [0.5, 0.6) is 0 Å². The summed E-state index contributed by atoms with van der Waals surface area (Å²) in [5.41, 5.74) is 4.80. The molecule has 0 unspecified atom stereocenters. The van der Waals surface area contributed by atoms with Crippen molar-refractivity contribution in [2.45, 2.75) is 52.4 Å². The van der Waals surface area contributed by atoms with E-state index in [1.165, 1.54) is 23.3 Å². The Labute approximate surface area is 189 Å². The van der Waals surface area contributed by atoms with Crippen molar-refractivity contribution in [2.75, 3.05) is 0 Å². The molecule has 4 heteroatoms. The molecule has 0 saturated carbocycles. The largest absolute Gasteiger partial charge is 0.478 e. The van der Waals surface area contributed by atoms with Crippen LogP contribution in [0.2, 0.25) is 0 Å². The number of hydrogen-bond donors (Lipinski definition) is 2. The van der Waals surface area contributed by atoms with Crippen LogP contribution < -0.4 is 0 Å². The number of carbonyl (C=O) groups is 2. The zero-order valence-corrected chi connectivity index (χ0v) is 18.7. The molecule has 3 aromatic rings. The topological polar surface area (TPSA) is 74.6 Å². The van der Waals surface area contributed by atoms with Gasteiger partial charge in [-0.25, -0.2) is 9.59 Å². The molecular weight excluding hydrogens is 400 g/mol. The first-order valence-electron chi connectivity index (χ1n) is 11.3. The molecule has 3 aromatic carbocycles. The van der Waals surface area contributed by atoms with Crippen LogP contribution in [0.4, 0.5) is 0 Å². The van der Waals surface area contributed by atoms with Crippen LogP contribution >= 0.6 is 0 Å². The van der Waals surface area contributed by atoms with E-state index in [4.69, 9.17) is 0 Å². The Morgan fingerprint density at radius 3 is 1.25 bits per heavy atom. The van der Waals surface area contributed by atoms with Crippen LogP contribution in [0.25, 0.3) is 22.3 Å².